The number of carbonyl (C=O) groups is 1. The van der Waals surface area contributed by atoms with Gasteiger partial charge < -0.3 is 9.32 Å². The summed E-state index contributed by atoms with van der Waals surface area (Å²) in [6, 6.07) is 3.28. The van der Waals surface area contributed by atoms with Gasteiger partial charge in [-0.3, -0.25) is 4.79 Å². The van der Waals surface area contributed by atoms with Crippen molar-refractivity contribution in [3.8, 4) is 0 Å². The molecule has 0 N–H and O–H groups in total. The number of carbonyl (C=O) groups excluding carboxylic acids is 1. The predicted molar refractivity (Wildman–Crippen MR) is 62.5 cm³/mol. The molecule has 1 aliphatic heterocycles. The van der Waals surface area contributed by atoms with E-state index < -0.39 is 9.84 Å². The molecule has 6 heteroatoms. The fraction of sp³-hybridized carbons (Fsp3) is 0.545. The molecular weight excluding hydrogens is 242 g/mol. The highest BCUT2D eigenvalue weighted by atomic mass is 32.2. The van der Waals surface area contributed by atoms with Gasteiger partial charge in [0.25, 0.3) is 5.91 Å². The molecule has 1 saturated heterocycles. The van der Waals surface area contributed by atoms with Crippen molar-refractivity contribution in [1.29, 1.82) is 0 Å². The zero-order valence-electron chi connectivity index (χ0n) is 9.63. The van der Waals surface area contributed by atoms with Crippen molar-refractivity contribution in [3.63, 3.8) is 0 Å². The second-order valence-electron chi connectivity index (χ2n) is 4.30. The van der Waals surface area contributed by atoms with Crippen LogP contribution in [0.4, 0.5) is 0 Å². The molecular formula is C11H15NO4S. The number of amides is 1. The number of furan rings is 1. The van der Waals surface area contributed by atoms with Crippen LogP contribution in [0, 0.1) is 0 Å². The van der Waals surface area contributed by atoms with E-state index in [2.05, 4.69) is 0 Å². The summed E-state index contributed by atoms with van der Waals surface area (Å²) in [5.41, 5.74) is 0. The predicted octanol–water partition coefficient (Wildman–Crippen LogP) is 0.929. The van der Waals surface area contributed by atoms with Crippen LogP contribution in [0.25, 0.3) is 0 Å². The summed E-state index contributed by atoms with van der Waals surface area (Å²) in [5, 5.41) is -0.317. The molecule has 17 heavy (non-hydrogen) atoms. The highest BCUT2D eigenvalue weighted by molar-refractivity contribution is 7.91. The van der Waals surface area contributed by atoms with E-state index in [9.17, 15) is 13.2 Å². The second kappa shape index (κ2) is 4.52. The number of likely N-dealkylation sites (tertiary alicyclic amines) is 1. The third-order valence-corrected chi connectivity index (χ3v) is 4.75. The van der Waals surface area contributed by atoms with Crippen LogP contribution in [0.3, 0.4) is 0 Å². The van der Waals surface area contributed by atoms with E-state index in [1.54, 1.807) is 17.0 Å². The lowest BCUT2D eigenvalue weighted by Crippen LogP contribution is -2.42. The van der Waals surface area contributed by atoms with E-state index >= 15 is 0 Å². The van der Waals surface area contributed by atoms with Crippen molar-refractivity contribution in [2.75, 3.05) is 19.3 Å². The Morgan fingerprint density at radius 3 is 2.53 bits per heavy atom. The van der Waals surface area contributed by atoms with E-state index in [4.69, 9.17) is 4.42 Å². The minimum absolute atomic E-state index is 0.165. The Kier molecular flexibility index (Phi) is 3.24. The highest BCUT2D eigenvalue weighted by Gasteiger charge is 2.29. The molecule has 0 spiro atoms. The average molecular weight is 257 g/mol. The van der Waals surface area contributed by atoms with Gasteiger partial charge in [0.1, 0.15) is 9.84 Å². The third-order valence-electron chi connectivity index (χ3n) is 3.07. The molecule has 2 rings (SSSR count). The summed E-state index contributed by atoms with van der Waals surface area (Å²) in [4.78, 5) is 13.5. The van der Waals surface area contributed by atoms with Crippen molar-refractivity contribution in [3.05, 3.63) is 24.2 Å². The molecule has 1 fully saturated rings. The van der Waals surface area contributed by atoms with E-state index in [1.807, 2.05) is 0 Å². The molecule has 0 atom stereocenters. The van der Waals surface area contributed by atoms with Gasteiger partial charge >= 0.3 is 0 Å². The first kappa shape index (κ1) is 12.2. The lowest BCUT2D eigenvalue weighted by molar-refractivity contribution is 0.0693. The first-order chi connectivity index (χ1) is 7.98. The lowest BCUT2D eigenvalue weighted by Gasteiger charge is -2.30. The van der Waals surface area contributed by atoms with Gasteiger partial charge in [-0.2, -0.15) is 0 Å². The molecule has 94 valence electrons. The van der Waals surface area contributed by atoms with Gasteiger partial charge in [-0.25, -0.2) is 8.42 Å². The van der Waals surface area contributed by atoms with Crippen LogP contribution in [0.5, 0.6) is 0 Å². The molecule has 0 unspecified atom stereocenters. The van der Waals surface area contributed by atoms with Crippen molar-refractivity contribution >= 4 is 15.7 Å². The summed E-state index contributed by atoms with van der Waals surface area (Å²) >= 11 is 0. The van der Waals surface area contributed by atoms with Crippen molar-refractivity contribution < 1.29 is 17.6 Å². The molecule has 2 heterocycles. The van der Waals surface area contributed by atoms with Gasteiger partial charge in [-0.15, -0.1) is 0 Å². The summed E-state index contributed by atoms with van der Waals surface area (Å²) in [5.74, 6) is 0.143. The Morgan fingerprint density at radius 2 is 2.06 bits per heavy atom. The number of nitrogens with zero attached hydrogens (tertiary/aromatic N) is 1. The molecule has 0 aliphatic carbocycles. The zero-order chi connectivity index (χ0) is 12.5. The SMILES string of the molecule is CS(=O)(=O)C1CCN(C(=O)c2ccco2)CC1. The van der Waals surface area contributed by atoms with Crippen LogP contribution in [0.2, 0.25) is 0 Å². The van der Waals surface area contributed by atoms with E-state index in [0.29, 0.717) is 31.7 Å². The fourth-order valence-corrected chi connectivity index (χ4v) is 3.11. The van der Waals surface area contributed by atoms with Gasteiger partial charge in [-0.05, 0) is 25.0 Å². The number of hydrogen-bond donors (Lipinski definition) is 0. The van der Waals surface area contributed by atoms with Crippen LogP contribution < -0.4 is 0 Å². The molecule has 1 aliphatic rings. The summed E-state index contributed by atoms with van der Waals surface area (Å²) < 4.78 is 27.8. The molecule has 0 aromatic carbocycles. The smallest absolute Gasteiger partial charge is 0.289 e. The van der Waals surface area contributed by atoms with Crippen LogP contribution in [0.1, 0.15) is 23.4 Å². The van der Waals surface area contributed by atoms with Crippen molar-refractivity contribution in [2.24, 2.45) is 0 Å². The maximum Gasteiger partial charge on any atom is 0.289 e. The summed E-state index contributed by atoms with van der Waals surface area (Å²) in [6.07, 6.45) is 3.72. The number of hydrogen-bond acceptors (Lipinski definition) is 4. The topological polar surface area (TPSA) is 67.6 Å². The molecule has 5 nitrogen and oxygen atoms in total. The summed E-state index contributed by atoms with van der Waals surface area (Å²) in [7, 11) is -2.99. The van der Waals surface area contributed by atoms with Gasteiger partial charge in [-0.1, -0.05) is 0 Å². The number of sulfone groups is 1. The van der Waals surface area contributed by atoms with Crippen LogP contribution in [-0.2, 0) is 9.84 Å². The first-order valence-corrected chi connectivity index (χ1v) is 7.45. The Balaban J connectivity index is 1.98. The van der Waals surface area contributed by atoms with Crippen LogP contribution in [-0.4, -0.2) is 43.8 Å². The highest BCUT2D eigenvalue weighted by Crippen LogP contribution is 2.18. The van der Waals surface area contributed by atoms with E-state index in [-0.39, 0.29) is 11.2 Å². The van der Waals surface area contributed by atoms with E-state index in [0.717, 1.165) is 0 Å². The van der Waals surface area contributed by atoms with Gasteiger partial charge in [0, 0.05) is 19.3 Å². The maximum atomic E-state index is 11.9. The maximum absolute atomic E-state index is 11.9. The second-order valence-corrected chi connectivity index (χ2v) is 6.62. The molecule has 0 bridgehead atoms. The van der Waals surface area contributed by atoms with Crippen molar-refractivity contribution in [1.82, 2.24) is 4.90 Å². The van der Waals surface area contributed by atoms with Crippen molar-refractivity contribution in [2.45, 2.75) is 18.1 Å². The molecule has 1 aromatic rings. The van der Waals surface area contributed by atoms with Gasteiger partial charge in [0.05, 0.1) is 11.5 Å². The largest absolute Gasteiger partial charge is 0.459 e. The monoisotopic (exact) mass is 257 g/mol. The third kappa shape index (κ3) is 2.69. The van der Waals surface area contributed by atoms with Crippen LogP contribution >= 0.6 is 0 Å². The van der Waals surface area contributed by atoms with Gasteiger partial charge in [0.2, 0.25) is 0 Å². The average Bonchev–Trinajstić information content (AvgIpc) is 2.80. The standard InChI is InChI=1S/C11H15NO4S/c1-17(14,15)9-4-6-12(7-5-9)11(13)10-3-2-8-16-10/h2-3,8-9H,4-7H2,1H3. The van der Waals surface area contributed by atoms with Gasteiger partial charge in [0.15, 0.2) is 5.76 Å². The Bertz CT molecular complexity index is 484. The minimum atomic E-state index is -2.99. The Hall–Kier alpha value is -1.30. The quantitative estimate of drug-likeness (QED) is 0.790. The van der Waals surface area contributed by atoms with E-state index in [1.165, 1.54) is 12.5 Å². The normalized spacial score (nSPS) is 18.3. The summed E-state index contributed by atoms with van der Waals surface area (Å²) in [6.45, 7) is 0.939. The Labute approximate surface area is 100 Å². The first-order valence-electron chi connectivity index (χ1n) is 5.50. The zero-order valence-corrected chi connectivity index (χ0v) is 10.4. The molecule has 1 aromatic heterocycles. The minimum Gasteiger partial charge on any atom is -0.459 e. The molecule has 0 saturated carbocycles. The lowest BCUT2D eigenvalue weighted by atomic mass is 10.1. The number of rotatable bonds is 2. The molecule has 1 amide bonds. The number of piperidine rings is 1. The van der Waals surface area contributed by atoms with Crippen LogP contribution in [0.15, 0.2) is 22.8 Å². The fourth-order valence-electron chi connectivity index (χ4n) is 2.04. The Morgan fingerprint density at radius 1 is 1.41 bits per heavy atom. The molecule has 0 radical (unpaired) electrons.